The molecule has 0 aliphatic carbocycles. The number of nitrogens with two attached hydrogens (primary N) is 1. The van der Waals surface area contributed by atoms with E-state index in [1.807, 2.05) is 0 Å². The lowest BCUT2D eigenvalue weighted by Crippen LogP contribution is -2.42. The number of benzene rings is 1. The molecule has 4 N–H and O–H groups in total. The molecule has 0 bridgehead atoms. The molecule has 0 aliphatic heterocycles. The van der Waals surface area contributed by atoms with E-state index >= 15 is 0 Å². The number of halogens is 1. The van der Waals surface area contributed by atoms with Gasteiger partial charge < -0.3 is 5.43 Å². The summed E-state index contributed by atoms with van der Waals surface area (Å²) in [5.41, 5.74) is 2.49. The molecular formula is C8H8ClN3OS. The van der Waals surface area contributed by atoms with Crippen LogP contribution in [0.15, 0.2) is 24.3 Å². The number of amides is 1. The summed E-state index contributed by atoms with van der Waals surface area (Å²) in [5.74, 6) is 4.61. The lowest BCUT2D eigenvalue weighted by Gasteiger charge is -2.06. The van der Waals surface area contributed by atoms with Crippen molar-refractivity contribution < 1.29 is 4.79 Å². The standard InChI is InChI=1S/C8H8ClN3OS/c9-6-4-2-1-3-5(6)7(13)11-8(14)12-10/h1-4H,10H2,(H2,11,12,13,14). The van der Waals surface area contributed by atoms with Crippen molar-refractivity contribution in [2.75, 3.05) is 0 Å². The number of hydrogen-bond donors (Lipinski definition) is 3. The third-order valence-electron chi connectivity index (χ3n) is 1.48. The Bertz CT molecular complexity index is 369. The van der Waals surface area contributed by atoms with E-state index in [9.17, 15) is 4.79 Å². The maximum atomic E-state index is 11.5. The van der Waals surface area contributed by atoms with Crippen molar-refractivity contribution in [3.8, 4) is 0 Å². The van der Waals surface area contributed by atoms with Gasteiger partial charge in [0.1, 0.15) is 0 Å². The SMILES string of the molecule is NNC(=S)NC(=O)c1ccccc1Cl. The predicted octanol–water partition coefficient (Wildman–Crippen LogP) is 0.818. The fraction of sp³-hybridized carbons (Fsp3) is 0. The smallest absolute Gasteiger partial charge is 0.258 e. The first-order chi connectivity index (χ1) is 6.65. The van der Waals surface area contributed by atoms with Crippen LogP contribution in [0.3, 0.4) is 0 Å². The van der Waals surface area contributed by atoms with E-state index in [2.05, 4.69) is 23.0 Å². The first-order valence-electron chi connectivity index (χ1n) is 3.71. The molecule has 0 heterocycles. The Morgan fingerprint density at radius 1 is 1.43 bits per heavy atom. The van der Waals surface area contributed by atoms with Crippen molar-refractivity contribution >= 4 is 34.8 Å². The minimum atomic E-state index is -0.390. The summed E-state index contributed by atoms with van der Waals surface area (Å²) in [6.07, 6.45) is 0. The molecule has 1 amide bonds. The lowest BCUT2D eigenvalue weighted by molar-refractivity contribution is 0.0977. The highest BCUT2D eigenvalue weighted by Gasteiger charge is 2.09. The Labute approximate surface area is 91.4 Å². The van der Waals surface area contributed by atoms with Gasteiger partial charge in [-0.15, -0.1) is 0 Å². The fourth-order valence-corrected chi connectivity index (χ4v) is 1.17. The van der Waals surface area contributed by atoms with Gasteiger partial charge in [0.2, 0.25) is 0 Å². The molecular weight excluding hydrogens is 222 g/mol. The van der Waals surface area contributed by atoms with Crippen molar-refractivity contribution in [1.29, 1.82) is 0 Å². The van der Waals surface area contributed by atoms with E-state index in [1.165, 1.54) is 0 Å². The highest BCUT2D eigenvalue weighted by Crippen LogP contribution is 2.14. The van der Waals surface area contributed by atoms with Gasteiger partial charge in [0.05, 0.1) is 10.6 Å². The van der Waals surface area contributed by atoms with Crippen LogP contribution in [0.2, 0.25) is 5.02 Å². The molecule has 0 aromatic heterocycles. The molecule has 0 fully saturated rings. The highest BCUT2D eigenvalue weighted by atomic mass is 35.5. The first-order valence-corrected chi connectivity index (χ1v) is 4.50. The highest BCUT2D eigenvalue weighted by molar-refractivity contribution is 7.80. The van der Waals surface area contributed by atoms with Gasteiger partial charge >= 0.3 is 0 Å². The molecule has 0 unspecified atom stereocenters. The average molecular weight is 230 g/mol. The van der Waals surface area contributed by atoms with Gasteiger partial charge in [-0.1, -0.05) is 23.7 Å². The number of nitrogens with one attached hydrogen (secondary N) is 2. The van der Waals surface area contributed by atoms with E-state index in [-0.39, 0.29) is 5.11 Å². The molecule has 14 heavy (non-hydrogen) atoms. The molecule has 1 rings (SSSR count). The Morgan fingerprint density at radius 2 is 2.07 bits per heavy atom. The van der Waals surface area contributed by atoms with E-state index in [4.69, 9.17) is 17.4 Å². The first kappa shape index (κ1) is 10.9. The third kappa shape index (κ3) is 2.66. The second-order valence-corrected chi connectivity index (χ2v) is 3.22. The van der Waals surface area contributed by atoms with E-state index < -0.39 is 5.91 Å². The lowest BCUT2D eigenvalue weighted by atomic mass is 10.2. The quantitative estimate of drug-likeness (QED) is 0.379. The van der Waals surface area contributed by atoms with Crippen LogP contribution in [0.1, 0.15) is 10.4 Å². The summed E-state index contributed by atoms with van der Waals surface area (Å²) in [7, 11) is 0. The molecule has 0 saturated heterocycles. The fourth-order valence-electron chi connectivity index (χ4n) is 0.852. The Morgan fingerprint density at radius 3 is 2.64 bits per heavy atom. The van der Waals surface area contributed by atoms with Crippen molar-refractivity contribution in [3.63, 3.8) is 0 Å². The molecule has 0 spiro atoms. The van der Waals surface area contributed by atoms with Gasteiger partial charge in [-0.2, -0.15) is 0 Å². The van der Waals surface area contributed by atoms with E-state index in [0.29, 0.717) is 10.6 Å². The summed E-state index contributed by atoms with van der Waals surface area (Å²) < 4.78 is 0. The molecule has 0 atom stereocenters. The summed E-state index contributed by atoms with van der Waals surface area (Å²) >= 11 is 10.5. The number of hydrazine groups is 1. The Balaban J connectivity index is 2.80. The summed E-state index contributed by atoms with van der Waals surface area (Å²) in [5, 5.41) is 2.78. The number of carbonyl (C=O) groups is 1. The van der Waals surface area contributed by atoms with Gasteiger partial charge in [-0.25, -0.2) is 5.84 Å². The second-order valence-electron chi connectivity index (χ2n) is 2.41. The molecule has 0 saturated carbocycles. The van der Waals surface area contributed by atoms with Crippen LogP contribution >= 0.6 is 23.8 Å². The van der Waals surface area contributed by atoms with Crippen LogP contribution in [-0.2, 0) is 0 Å². The van der Waals surface area contributed by atoms with Crippen LogP contribution in [0.5, 0.6) is 0 Å². The molecule has 1 aromatic carbocycles. The zero-order valence-corrected chi connectivity index (χ0v) is 8.65. The average Bonchev–Trinajstić information content (AvgIpc) is 2.18. The maximum absolute atomic E-state index is 11.5. The molecule has 0 aliphatic rings. The van der Waals surface area contributed by atoms with Gasteiger partial charge in [-0.05, 0) is 24.4 Å². The third-order valence-corrected chi connectivity index (χ3v) is 2.03. The van der Waals surface area contributed by atoms with Crippen LogP contribution in [0.4, 0.5) is 0 Å². The zero-order chi connectivity index (χ0) is 10.6. The van der Waals surface area contributed by atoms with Crippen molar-refractivity contribution in [1.82, 2.24) is 10.7 Å². The van der Waals surface area contributed by atoms with Gasteiger partial charge in [0.25, 0.3) is 5.91 Å². The zero-order valence-electron chi connectivity index (χ0n) is 7.08. The monoisotopic (exact) mass is 229 g/mol. The van der Waals surface area contributed by atoms with Crippen molar-refractivity contribution in [2.24, 2.45) is 5.84 Å². The van der Waals surface area contributed by atoms with Crippen molar-refractivity contribution in [3.05, 3.63) is 34.9 Å². The number of carbonyl (C=O) groups excluding carboxylic acids is 1. The Hall–Kier alpha value is -1.17. The van der Waals surface area contributed by atoms with Crippen LogP contribution in [-0.4, -0.2) is 11.0 Å². The molecule has 1 aromatic rings. The molecule has 74 valence electrons. The topological polar surface area (TPSA) is 67.2 Å². The summed E-state index contributed by atoms with van der Waals surface area (Å²) in [6.45, 7) is 0. The number of rotatable bonds is 1. The maximum Gasteiger partial charge on any atom is 0.258 e. The van der Waals surface area contributed by atoms with Gasteiger partial charge in [0.15, 0.2) is 5.11 Å². The van der Waals surface area contributed by atoms with E-state index in [0.717, 1.165) is 0 Å². The van der Waals surface area contributed by atoms with Crippen LogP contribution < -0.4 is 16.6 Å². The van der Waals surface area contributed by atoms with Crippen LogP contribution in [0, 0.1) is 0 Å². The normalized spacial score (nSPS) is 9.29. The van der Waals surface area contributed by atoms with Gasteiger partial charge in [0, 0.05) is 0 Å². The van der Waals surface area contributed by atoms with Crippen LogP contribution in [0.25, 0.3) is 0 Å². The minimum absolute atomic E-state index is 0.0509. The van der Waals surface area contributed by atoms with E-state index in [1.54, 1.807) is 24.3 Å². The number of hydrogen-bond acceptors (Lipinski definition) is 3. The number of thiocarbonyl (C=S) groups is 1. The minimum Gasteiger partial charge on any atom is -0.301 e. The largest absolute Gasteiger partial charge is 0.301 e. The van der Waals surface area contributed by atoms with Gasteiger partial charge in [-0.3, -0.25) is 10.1 Å². The second kappa shape index (κ2) is 4.90. The molecule has 6 heteroatoms. The summed E-state index contributed by atoms with van der Waals surface area (Å²) in [4.78, 5) is 11.5. The van der Waals surface area contributed by atoms with Crippen molar-refractivity contribution in [2.45, 2.75) is 0 Å². The predicted molar refractivity (Wildman–Crippen MR) is 58.8 cm³/mol. The summed E-state index contributed by atoms with van der Waals surface area (Å²) in [6, 6.07) is 6.66. The molecule has 0 radical (unpaired) electrons. The molecule has 4 nitrogen and oxygen atoms in total. The Kier molecular flexibility index (Phi) is 3.82.